The number of para-hydroxylation sites is 1. The molecule has 0 aliphatic rings. The van der Waals surface area contributed by atoms with E-state index in [1.165, 1.54) is 0 Å². The quantitative estimate of drug-likeness (QED) is 0.557. The van der Waals surface area contributed by atoms with Crippen LogP contribution >= 0.6 is 11.8 Å². The summed E-state index contributed by atoms with van der Waals surface area (Å²) in [5.74, 6) is 0.704. The zero-order valence-electron chi connectivity index (χ0n) is 15.6. The summed E-state index contributed by atoms with van der Waals surface area (Å²) in [5.41, 5.74) is 8.22. The number of carbonyl (C=O) groups is 2. The Morgan fingerprint density at radius 3 is 2.19 bits per heavy atom. The molecular weight excluding hydrogens is 360 g/mol. The van der Waals surface area contributed by atoms with Crippen LogP contribution in [-0.2, 0) is 4.79 Å². The molecular formula is C20H26N4O2S. The van der Waals surface area contributed by atoms with Crippen molar-refractivity contribution in [1.29, 1.82) is 0 Å². The molecule has 144 valence electrons. The van der Waals surface area contributed by atoms with Gasteiger partial charge in [0.15, 0.2) is 0 Å². The Balaban J connectivity index is 1.86. The van der Waals surface area contributed by atoms with Crippen LogP contribution in [0.4, 0.5) is 16.2 Å². The van der Waals surface area contributed by atoms with E-state index in [0.29, 0.717) is 12.1 Å². The molecule has 0 saturated heterocycles. The van der Waals surface area contributed by atoms with Gasteiger partial charge >= 0.3 is 6.03 Å². The van der Waals surface area contributed by atoms with Gasteiger partial charge in [0.25, 0.3) is 0 Å². The number of urea groups is 1. The number of anilines is 2. The Hall–Kier alpha value is -2.51. The molecule has 2 aromatic carbocycles. The Morgan fingerprint density at radius 1 is 1.00 bits per heavy atom. The molecule has 3 amide bonds. The monoisotopic (exact) mass is 386 g/mol. The first-order chi connectivity index (χ1) is 13.0. The summed E-state index contributed by atoms with van der Waals surface area (Å²) in [6.07, 6.45) is 2.64. The van der Waals surface area contributed by atoms with E-state index < -0.39 is 6.04 Å². The van der Waals surface area contributed by atoms with Crippen molar-refractivity contribution >= 4 is 35.1 Å². The van der Waals surface area contributed by atoms with Crippen molar-refractivity contribution in [3.63, 3.8) is 0 Å². The molecule has 0 aliphatic carbocycles. The van der Waals surface area contributed by atoms with Crippen molar-refractivity contribution in [2.75, 3.05) is 22.6 Å². The predicted octanol–water partition coefficient (Wildman–Crippen LogP) is 3.59. The molecule has 0 aliphatic heterocycles. The van der Waals surface area contributed by atoms with E-state index in [9.17, 15) is 9.59 Å². The normalized spacial score (nSPS) is 12.7. The molecule has 0 bridgehead atoms. The smallest absolute Gasteiger partial charge is 0.323 e. The van der Waals surface area contributed by atoms with Gasteiger partial charge in [0.05, 0.1) is 12.1 Å². The number of nitrogens with two attached hydrogens (primary N) is 1. The van der Waals surface area contributed by atoms with E-state index in [-0.39, 0.29) is 18.0 Å². The summed E-state index contributed by atoms with van der Waals surface area (Å²) >= 11 is 1.67. The van der Waals surface area contributed by atoms with Crippen molar-refractivity contribution in [2.45, 2.75) is 25.4 Å². The van der Waals surface area contributed by atoms with Gasteiger partial charge in [0.1, 0.15) is 0 Å². The zero-order valence-corrected chi connectivity index (χ0v) is 16.4. The standard InChI is InChI=1S/C20H26N4O2S/c1-14(22-19(25)18(21)12-13-27-2)15-8-10-17(11-9-15)24-20(26)23-16-6-4-3-5-7-16/h3-11,14,18H,12-13,21H2,1-2H3,(H,22,25)(H2,23,24,26)/t14?,18-/m0/s1. The van der Waals surface area contributed by atoms with Crippen molar-refractivity contribution in [2.24, 2.45) is 5.73 Å². The van der Waals surface area contributed by atoms with Crippen LogP contribution in [0.2, 0.25) is 0 Å². The number of nitrogens with one attached hydrogen (secondary N) is 3. The number of rotatable bonds is 8. The van der Waals surface area contributed by atoms with Crippen molar-refractivity contribution < 1.29 is 9.59 Å². The Morgan fingerprint density at radius 2 is 1.59 bits per heavy atom. The minimum absolute atomic E-state index is 0.152. The Bertz CT molecular complexity index is 737. The van der Waals surface area contributed by atoms with Gasteiger partial charge in [0, 0.05) is 11.4 Å². The minimum atomic E-state index is -0.498. The molecule has 0 fully saturated rings. The zero-order chi connectivity index (χ0) is 19.6. The fourth-order valence-electron chi connectivity index (χ4n) is 2.45. The maximum Gasteiger partial charge on any atom is 0.323 e. The van der Waals surface area contributed by atoms with Gasteiger partial charge in [0.2, 0.25) is 5.91 Å². The highest BCUT2D eigenvalue weighted by molar-refractivity contribution is 7.98. The van der Waals surface area contributed by atoms with Gasteiger partial charge < -0.3 is 21.7 Å². The molecule has 1 unspecified atom stereocenters. The maximum absolute atomic E-state index is 12.1. The largest absolute Gasteiger partial charge is 0.348 e. The summed E-state index contributed by atoms with van der Waals surface area (Å²) < 4.78 is 0. The molecule has 27 heavy (non-hydrogen) atoms. The number of thioether (sulfide) groups is 1. The lowest BCUT2D eigenvalue weighted by Gasteiger charge is -2.18. The fourth-order valence-corrected chi connectivity index (χ4v) is 2.94. The molecule has 0 aromatic heterocycles. The van der Waals surface area contributed by atoms with Crippen LogP contribution in [0, 0.1) is 0 Å². The van der Waals surface area contributed by atoms with E-state index in [2.05, 4.69) is 16.0 Å². The molecule has 0 spiro atoms. The summed E-state index contributed by atoms with van der Waals surface area (Å²) in [5, 5.41) is 8.46. The van der Waals surface area contributed by atoms with Crippen LogP contribution in [0.5, 0.6) is 0 Å². The minimum Gasteiger partial charge on any atom is -0.348 e. The van der Waals surface area contributed by atoms with Crippen molar-refractivity contribution in [3.05, 3.63) is 60.2 Å². The third kappa shape index (κ3) is 6.96. The van der Waals surface area contributed by atoms with E-state index in [1.807, 2.05) is 55.6 Å². The van der Waals surface area contributed by atoms with Crippen LogP contribution in [0.25, 0.3) is 0 Å². The molecule has 2 rings (SSSR count). The Kier molecular flexibility index (Phi) is 8.16. The van der Waals surface area contributed by atoms with Crippen LogP contribution in [0.1, 0.15) is 24.9 Å². The molecule has 6 nitrogen and oxygen atoms in total. The SMILES string of the molecule is CSCC[C@H](N)C(=O)NC(C)c1ccc(NC(=O)Nc2ccccc2)cc1. The highest BCUT2D eigenvalue weighted by Crippen LogP contribution is 2.17. The third-order valence-corrected chi connectivity index (χ3v) is 4.67. The average molecular weight is 387 g/mol. The first kappa shape index (κ1) is 20.8. The van der Waals surface area contributed by atoms with Gasteiger partial charge in [-0.15, -0.1) is 0 Å². The topological polar surface area (TPSA) is 96.2 Å². The van der Waals surface area contributed by atoms with Crippen molar-refractivity contribution in [3.8, 4) is 0 Å². The summed E-state index contributed by atoms with van der Waals surface area (Å²) in [4.78, 5) is 24.1. The number of hydrogen-bond acceptors (Lipinski definition) is 4. The molecule has 7 heteroatoms. The van der Waals surface area contributed by atoms with E-state index in [4.69, 9.17) is 5.73 Å². The van der Waals surface area contributed by atoms with Crippen LogP contribution < -0.4 is 21.7 Å². The summed E-state index contributed by atoms with van der Waals surface area (Å²) in [7, 11) is 0. The average Bonchev–Trinajstić information content (AvgIpc) is 2.67. The van der Waals surface area contributed by atoms with Gasteiger partial charge in [-0.05, 0) is 55.2 Å². The van der Waals surface area contributed by atoms with E-state index in [1.54, 1.807) is 23.9 Å². The third-order valence-electron chi connectivity index (χ3n) is 4.03. The maximum atomic E-state index is 12.1. The molecule has 0 radical (unpaired) electrons. The number of hydrogen-bond donors (Lipinski definition) is 4. The highest BCUT2D eigenvalue weighted by Gasteiger charge is 2.16. The van der Waals surface area contributed by atoms with Gasteiger partial charge in [-0.2, -0.15) is 11.8 Å². The van der Waals surface area contributed by atoms with Crippen molar-refractivity contribution in [1.82, 2.24) is 5.32 Å². The van der Waals surface area contributed by atoms with Gasteiger partial charge in [-0.3, -0.25) is 4.79 Å². The predicted molar refractivity (Wildman–Crippen MR) is 113 cm³/mol. The van der Waals surface area contributed by atoms with Crippen LogP contribution in [-0.4, -0.2) is 30.0 Å². The lowest BCUT2D eigenvalue weighted by atomic mass is 10.1. The first-order valence-corrected chi connectivity index (χ1v) is 10.2. The highest BCUT2D eigenvalue weighted by atomic mass is 32.2. The molecule has 5 N–H and O–H groups in total. The number of benzene rings is 2. The number of carbonyl (C=O) groups excluding carboxylic acids is 2. The summed E-state index contributed by atoms with van der Waals surface area (Å²) in [6.45, 7) is 1.91. The second-order valence-corrected chi connectivity index (χ2v) is 7.17. The Labute approximate surface area is 164 Å². The van der Waals surface area contributed by atoms with Gasteiger partial charge in [-0.1, -0.05) is 30.3 Å². The molecule has 2 atom stereocenters. The first-order valence-electron chi connectivity index (χ1n) is 8.77. The van der Waals surface area contributed by atoms with Gasteiger partial charge in [-0.25, -0.2) is 4.79 Å². The molecule has 0 heterocycles. The summed E-state index contributed by atoms with van der Waals surface area (Å²) in [6, 6.07) is 15.6. The molecule has 2 aromatic rings. The fraction of sp³-hybridized carbons (Fsp3) is 0.300. The second kappa shape index (κ2) is 10.6. The number of amides is 3. The lowest BCUT2D eigenvalue weighted by molar-refractivity contribution is -0.123. The van der Waals surface area contributed by atoms with E-state index in [0.717, 1.165) is 17.0 Å². The second-order valence-electron chi connectivity index (χ2n) is 6.19. The lowest BCUT2D eigenvalue weighted by Crippen LogP contribution is -2.41. The molecule has 0 saturated carbocycles. The van der Waals surface area contributed by atoms with E-state index >= 15 is 0 Å². The van der Waals surface area contributed by atoms with Crippen LogP contribution in [0.15, 0.2) is 54.6 Å². The van der Waals surface area contributed by atoms with Crippen LogP contribution in [0.3, 0.4) is 0 Å².